The van der Waals surface area contributed by atoms with E-state index in [-0.39, 0.29) is 5.91 Å². The molecule has 0 spiro atoms. The number of aryl methyl sites for hydroxylation is 1. The number of benzene rings is 2. The second kappa shape index (κ2) is 7.10. The number of carbonyl (C=O) groups is 1. The van der Waals surface area contributed by atoms with Gasteiger partial charge in [-0.2, -0.15) is 0 Å². The number of hydrogen-bond acceptors (Lipinski definition) is 3. The molecule has 0 aromatic heterocycles. The highest BCUT2D eigenvalue weighted by Crippen LogP contribution is 2.50. The molecular weight excluding hydrogens is 348 g/mol. The number of fused-ring (bicyclic) bond motifs is 3. The predicted molar refractivity (Wildman–Crippen MR) is 111 cm³/mol. The van der Waals surface area contributed by atoms with E-state index in [1.807, 2.05) is 11.0 Å². The van der Waals surface area contributed by atoms with E-state index in [2.05, 4.69) is 60.8 Å². The first kappa shape index (κ1) is 17.5. The highest BCUT2D eigenvalue weighted by Gasteiger charge is 2.38. The van der Waals surface area contributed by atoms with Crippen LogP contribution in [0.15, 0.2) is 54.6 Å². The van der Waals surface area contributed by atoms with Gasteiger partial charge in [-0.1, -0.05) is 42.0 Å². The van der Waals surface area contributed by atoms with Crippen molar-refractivity contribution in [3.05, 3.63) is 76.9 Å². The van der Waals surface area contributed by atoms with Crippen LogP contribution < -0.4 is 5.32 Å². The maximum absolute atomic E-state index is 12.9. The van der Waals surface area contributed by atoms with E-state index in [9.17, 15) is 4.79 Å². The Labute approximate surface area is 166 Å². The van der Waals surface area contributed by atoms with Crippen molar-refractivity contribution in [3.63, 3.8) is 0 Å². The standard InChI is InChI=1S/C24H26N2O2/c1-16-4-2-5-17(14-16)23-20-7-3-6-19(20)21-15-18(8-9-22(21)25-23)24(27)26-10-12-28-13-11-26/h2-6,8-9,14-15,19-20,23,25H,7,10-13H2,1H3. The number of nitrogens with one attached hydrogen (secondary N) is 1. The van der Waals surface area contributed by atoms with Crippen molar-refractivity contribution in [3.8, 4) is 0 Å². The number of hydrogen-bond donors (Lipinski definition) is 1. The van der Waals surface area contributed by atoms with E-state index in [0.717, 1.165) is 17.7 Å². The van der Waals surface area contributed by atoms with Crippen molar-refractivity contribution in [1.29, 1.82) is 0 Å². The summed E-state index contributed by atoms with van der Waals surface area (Å²) >= 11 is 0. The zero-order valence-corrected chi connectivity index (χ0v) is 16.2. The Morgan fingerprint density at radius 1 is 1.14 bits per heavy atom. The number of carbonyl (C=O) groups excluding carboxylic acids is 1. The van der Waals surface area contributed by atoms with Gasteiger partial charge in [-0.15, -0.1) is 0 Å². The summed E-state index contributed by atoms with van der Waals surface area (Å²) in [7, 11) is 0. The molecule has 3 atom stereocenters. The van der Waals surface area contributed by atoms with Crippen molar-refractivity contribution >= 4 is 11.6 Å². The average Bonchev–Trinajstić information content (AvgIpc) is 3.23. The minimum atomic E-state index is 0.116. The number of ether oxygens (including phenoxy) is 1. The number of morpholine rings is 1. The summed E-state index contributed by atoms with van der Waals surface area (Å²) in [6, 6.07) is 15.3. The molecule has 4 nitrogen and oxygen atoms in total. The first-order valence-corrected chi connectivity index (χ1v) is 10.2. The van der Waals surface area contributed by atoms with Crippen molar-refractivity contribution < 1.29 is 9.53 Å². The fraction of sp³-hybridized carbons (Fsp3) is 0.375. The van der Waals surface area contributed by atoms with Gasteiger partial charge in [0, 0.05) is 30.3 Å². The first-order chi connectivity index (χ1) is 13.7. The van der Waals surface area contributed by atoms with Gasteiger partial charge in [-0.3, -0.25) is 4.79 Å². The van der Waals surface area contributed by atoms with Gasteiger partial charge in [-0.05, 0) is 48.6 Å². The Kier molecular flexibility index (Phi) is 4.44. The predicted octanol–water partition coefficient (Wildman–Crippen LogP) is 4.29. The van der Waals surface area contributed by atoms with Gasteiger partial charge < -0.3 is 15.0 Å². The maximum Gasteiger partial charge on any atom is 0.254 e. The van der Waals surface area contributed by atoms with Crippen molar-refractivity contribution in [2.75, 3.05) is 31.6 Å². The molecule has 1 amide bonds. The molecule has 0 bridgehead atoms. The summed E-state index contributed by atoms with van der Waals surface area (Å²) in [6.45, 7) is 4.76. The molecular formula is C24H26N2O2. The number of allylic oxidation sites excluding steroid dienone is 2. The molecule has 28 heavy (non-hydrogen) atoms. The van der Waals surface area contributed by atoms with Crippen molar-refractivity contribution in [1.82, 2.24) is 4.90 Å². The quantitative estimate of drug-likeness (QED) is 0.797. The molecule has 2 aliphatic heterocycles. The third kappa shape index (κ3) is 3.02. The van der Waals surface area contributed by atoms with Crippen LogP contribution in [0.3, 0.4) is 0 Å². The number of nitrogens with zero attached hydrogens (tertiary/aromatic N) is 1. The van der Waals surface area contributed by atoms with Gasteiger partial charge in [0.15, 0.2) is 0 Å². The normalized spacial score (nSPS) is 25.8. The lowest BCUT2D eigenvalue weighted by Crippen LogP contribution is -2.40. The Morgan fingerprint density at radius 3 is 2.82 bits per heavy atom. The van der Waals surface area contributed by atoms with Crippen LogP contribution in [-0.2, 0) is 4.74 Å². The first-order valence-electron chi connectivity index (χ1n) is 10.2. The molecule has 0 saturated carbocycles. The Hall–Kier alpha value is -2.59. The Bertz CT molecular complexity index is 930. The lowest BCUT2D eigenvalue weighted by molar-refractivity contribution is 0.0303. The summed E-state index contributed by atoms with van der Waals surface area (Å²) in [5.41, 5.74) is 5.83. The van der Waals surface area contributed by atoms with Gasteiger partial charge >= 0.3 is 0 Å². The lowest BCUT2D eigenvalue weighted by atomic mass is 9.76. The van der Waals surface area contributed by atoms with Gasteiger partial charge in [0.05, 0.1) is 19.3 Å². The van der Waals surface area contributed by atoms with Crippen LogP contribution in [0.2, 0.25) is 0 Å². The molecule has 1 saturated heterocycles. The van der Waals surface area contributed by atoms with Crippen LogP contribution >= 0.6 is 0 Å². The number of anilines is 1. The summed E-state index contributed by atoms with van der Waals surface area (Å²) in [5.74, 6) is 0.965. The fourth-order valence-electron chi connectivity index (χ4n) is 4.87. The van der Waals surface area contributed by atoms with Crippen LogP contribution in [0.1, 0.15) is 45.4 Å². The summed E-state index contributed by atoms with van der Waals surface area (Å²) in [6.07, 6.45) is 5.69. The summed E-state index contributed by atoms with van der Waals surface area (Å²) in [5, 5.41) is 3.77. The second-order valence-electron chi connectivity index (χ2n) is 8.10. The van der Waals surface area contributed by atoms with E-state index < -0.39 is 0 Å². The molecule has 1 N–H and O–H groups in total. The van der Waals surface area contributed by atoms with E-state index in [1.165, 1.54) is 16.7 Å². The molecule has 1 aliphatic carbocycles. The number of rotatable bonds is 2. The average molecular weight is 374 g/mol. The van der Waals surface area contributed by atoms with Crippen molar-refractivity contribution in [2.24, 2.45) is 5.92 Å². The van der Waals surface area contributed by atoms with E-state index in [0.29, 0.717) is 44.2 Å². The van der Waals surface area contributed by atoms with Gasteiger partial charge in [0.25, 0.3) is 5.91 Å². The van der Waals surface area contributed by atoms with Crippen LogP contribution in [0, 0.1) is 12.8 Å². The summed E-state index contributed by atoms with van der Waals surface area (Å²) in [4.78, 5) is 14.8. The third-order valence-electron chi connectivity index (χ3n) is 6.31. The molecule has 1 fully saturated rings. The lowest BCUT2D eigenvalue weighted by Gasteiger charge is -2.38. The van der Waals surface area contributed by atoms with Crippen LogP contribution in [0.25, 0.3) is 0 Å². The van der Waals surface area contributed by atoms with Gasteiger partial charge in [-0.25, -0.2) is 0 Å². The zero-order valence-electron chi connectivity index (χ0n) is 16.2. The highest BCUT2D eigenvalue weighted by atomic mass is 16.5. The molecule has 2 aromatic carbocycles. The number of amides is 1. The van der Waals surface area contributed by atoms with E-state index in [1.54, 1.807) is 0 Å². The summed E-state index contributed by atoms with van der Waals surface area (Å²) < 4.78 is 5.38. The molecule has 3 unspecified atom stereocenters. The smallest absolute Gasteiger partial charge is 0.254 e. The van der Waals surface area contributed by atoms with E-state index >= 15 is 0 Å². The zero-order chi connectivity index (χ0) is 19.1. The van der Waals surface area contributed by atoms with Crippen LogP contribution in [0.4, 0.5) is 5.69 Å². The molecule has 144 valence electrons. The Morgan fingerprint density at radius 2 is 2.00 bits per heavy atom. The molecule has 2 aromatic rings. The third-order valence-corrected chi connectivity index (χ3v) is 6.31. The highest BCUT2D eigenvalue weighted by molar-refractivity contribution is 5.95. The fourth-order valence-corrected chi connectivity index (χ4v) is 4.87. The second-order valence-corrected chi connectivity index (χ2v) is 8.10. The van der Waals surface area contributed by atoms with Gasteiger partial charge in [0.1, 0.15) is 0 Å². The maximum atomic E-state index is 12.9. The molecule has 3 aliphatic rings. The topological polar surface area (TPSA) is 41.6 Å². The van der Waals surface area contributed by atoms with Crippen LogP contribution in [0.5, 0.6) is 0 Å². The monoisotopic (exact) mass is 374 g/mol. The van der Waals surface area contributed by atoms with Crippen molar-refractivity contribution in [2.45, 2.75) is 25.3 Å². The van der Waals surface area contributed by atoms with E-state index in [4.69, 9.17) is 4.74 Å². The molecule has 5 rings (SSSR count). The largest absolute Gasteiger partial charge is 0.378 e. The van der Waals surface area contributed by atoms with Crippen LogP contribution in [-0.4, -0.2) is 37.1 Å². The molecule has 2 heterocycles. The molecule has 4 heteroatoms. The SMILES string of the molecule is Cc1cccc(C2Nc3ccc(C(=O)N4CCOCC4)cc3C3C=CCC32)c1. The molecule has 0 radical (unpaired) electrons. The minimum Gasteiger partial charge on any atom is -0.378 e. The van der Waals surface area contributed by atoms with Gasteiger partial charge in [0.2, 0.25) is 0 Å². The minimum absolute atomic E-state index is 0.116. The Balaban J connectivity index is 1.48.